The number of carbonyl (C=O) groups excluding carboxylic acids is 1. The Morgan fingerprint density at radius 3 is 2.48 bits per heavy atom. The fourth-order valence-electron chi connectivity index (χ4n) is 2.39. The average Bonchev–Trinajstić information content (AvgIpc) is 3.01. The lowest BCUT2D eigenvalue weighted by molar-refractivity contribution is -0.113. The van der Waals surface area contributed by atoms with E-state index in [0.29, 0.717) is 22.2 Å². The number of rotatable bonds is 7. The van der Waals surface area contributed by atoms with E-state index in [1.807, 2.05) is 0 Å². The Morgan fingerprint density at radius 1 is 1.14 bits per heavy atom. The Morgan fingerprint density at radius 2 is 1.83 bits per heavy atom. The van der Waals surface area contributed by atoms with Crippen LogP contribution in [0.25, 0.3) is 0 Å². The molecule has 0 unspecified atom stereocenters. The monoisotopic (exact) mass is 436 g/mol. The van der Waals surface area contributed by atoms with Crippen molar-refractivity contribution in [3.05, 3.63) is 65.7 Å². The SMILES string of the molecule is Nn1c(Cc2ccccc2F)nnc1SCC(=O)Nc1ccc(S(N)(=O)=O)cc1. The number of hydrogen-bond donors (Lipinski definition) is 3. The van der Waals surface area contributed by atoms with Crippen LogP contribution in [0, 0.1) is 5.82 Å². The highest BCUT2D eigenvalue weighted by molar-refractivity contribution is 7.99. The van der Waals surface area contributed by atoms with Crippen molar-refractivity contribution in [3.8, 4) is 0 Å². The molecule has 2 aromatic carbocycles. The predicted octanol–water partition coefficient (Wildman–Crippen LogP) is 1.10. The third-order valence-corrected chi connectivity index (χ3v) is 5.71. The van der Waals surface area contributed by atoms with E-state index < -0.39 is 10.0 Å². The number of halogens is 1. The summed E-state index contributed by atoms with van der Waals surface area (Å²) in [6.45, 7) is 0. The first-order valence-electron chi connectivity index (χ1n) is 8.22. The molecule has 1 aromatic heterocycles. The number of thioether (sulfide) groups is 1. The average molecular weight is 436 g/mol. The molecule has 0 fully saturated rings. The third kappa shape index (κ3) is 5.31. The number of nitrogens with two attached hydrogens (primary N) is 2. The number of carbonyl (C=O) groups is 1. The van der Waals surface area contributed by atoms with Gasteiger partial charge >= 0.3 is 0 Å². The fourth-order valence-corrected chi connectivity index (χ4v) is 3.58. The zero-order valence-electron chi connectivity index (χ0n) is 14.9. The number of aromatic nitrogens is 3. The van der Waals surface area contributed by atoms with Gasteiger partial charge in [-0.2, -0.15) is 0 Å². The number of primary sulfonamides is 1. The van der Waals surface area contributed by atoms with Gasteiger partial charge in [0.25, 0.3) is 0 Å². The molecule has 0 spiro atoms. The van der Waals surface area contributed by atoms with Gasteiger partial charge in [0, 0.05) is 12.1 Å². The smallest absolute Gasteiger partial charge is 0.238 e. The van der Waals surface area contributed by atoms with Gasteiger partial charge in [0.2, 0.25) is 21.1 Å². The maximum absolute atomic E-state index is 13.8. The van der Waals surface area contributed by atoms with E-state index in [1.165, 1.54) is 35.0 Å². The molecule has 0 aliphatic rings. The Hall–Kier alpha value is -2.96. The molecule has 0 bridgehead atoms. The summed E-state index contributed by atoms with van der Waals surface area (Å²) in [7, 11) is -3.79. The maximum atomic E-state index is 13.8. The normalized spacial score (nSPS) is 11.4. The third-order valence-electron chi connectivity index (χ3n) is 3.84. The lowest BCUT2D eigenvalue weighted by atomic mass is 10.1. The number of hydrogen-bond acceptors (Lipinski definition) is 7. The molecule has 9 nitrogen and oxygen atoms in total. The molecule has 1 heterocycles. The summed E-state index contributed by atoms with van der Waals surface area (Å²) >= 11 is 1.06. The van der Waals surface area contributed by atoms with E-state index >= 15 is 0 Å². The van der Waals surface area contributed by atoms with E-state index in [0.717, 1.165) is 11.8 Å². The van der Waals surface area contributed by atoms with Gasteiger partial charge in [-0.3, -0.25) is 4.79 Å². The van der Waals surface area contributed by atoms with Crippen LogP contribution in [0.3, 0.4) is 0 Å². The minimum absolute atomic E-state index is 0.00797. The van der Waals surface area contributed by atoms with Gasteiger partial charge in [-0.15, -0.1) is 10.2 Å². The summed E-state index contributed by atoms with van der Waals surface area (Å²) in [6.07, 6.45) is 0.166. The highest BCUT2D eigenvalue weighted by Crippen LogP contribution is 2.18. The molecule has 0 atom stereocenters. The molecule has 152 valence electrons. The van der Waals surface area contributed by atoms with Crippen LogP contribution in [0.2, 0.25) is 0 Å². The Labute approximate surface area is 170 Å². The summed E-state index contributed by atoms with van der Waals surface area (Å²) in [5.41, 5.74) is 0.848. The van der Waals surface area contributed by atoms with E-state index in [4.69, 9.17) is 11.0 Å². The van der Waals surface area contributed by atoms with Gasteiger partial charge in [-0.25, -0.2) is 22.6 Å². The van der Waals surface area contributed by atoms with Gasteiger partial charge in [0.15, 0.2) is 5.82 Å². The topological polar surface area (TPSA) is 146 Å². The van der Waals surface area contributed by atoms with Crippen molar-refractivity contribution in [2.24, 2.45) is 5.14 Å². The standard InChI is InChI=1S/C17H17FN6O3S2/c18-14-4-2-1-3-11(14)9-15-22-23-17(24(15)19)28-10-16(25)21-12-5-7-13(8-6-12)29(20,26)27/h1-8H,9-10,19H2,(H,21,25)(H2,20,26,27). The molecule has 12 heteroatoms. The Bertz CT molecular complexity index is 1130. The quantitative estimate of drug-likeness (QED) is 0.371. The highest BCUT2D eigenvalue weighted by Gasteiger charge is 2.14. The summed E-state index contributed by atoms with van der Waals surface area (Å²) < 4.78 is 37.4. The van der Waals surface area contributed by atoms with Crippen LogP contribution in [0.4, 0.5) is 10.1 Å². The lowest BCUT2D eigenvalue weighted by Gasteiger charge is -2.06. The molecule has 1 amide bonds. The van der Waals surface area contributed by atoms with Crippen LogP contribution in [-0.4, -0.2) is 35.0 Å². The zero-order chi connectivity index (χ0) is 21.0. The molecule has 3 aromatic rings. The number of nitrogens with one attached hydrogen (secondary N) is 1. The minimum atomic E-state index is -3.79. The van der Waals surface area contributed by atoms with Crippen LogP contribution in [-0.2, 0) is 21.2 Å². The fraction of sp³-hybridized carbons (Fsp3) is 0.118. The number of nitrogens with zero attached hydrogens (tertiary/aromatic N) is 3. The number of anilines is 1. The van der Waals surface area contributed by atoms with Crippen molar-refractivity contribution < 1.29 is 17.6 Å². The molecule has 0 radical (unpaired) electrons. The van der Waals surface area contributed by atoms with Crippen molar-refractivity contribution >= 4 is 33.4 Å². The molecule has 0 saturated carbocycles. The van der Waals surface area contributed by atoms with Gasteiger partial charge < -0.3 is 11.2 Å². The largest absolute Gasteiger partial charge is 0.336 e. The summed E-state index contributed by atoms with van der Waals surface area (Å²) in [5.74, 6) is 5.58. The first-order chi connectivity index (χ1) is 13.7. The van der Waals surface area contributed by atoms with Crippen LogP contribution in [0.5, 0.6) is 0 Å². The second kappa shape index (κ2) is 8.59. The molecule has 3 rings (SSSR count). The molecular formula is C17H17FN6O3S2. The van der Waals surface area contributed by atoms with E-state index in [1.54, 1.807) is 18.2 Å². The first kappa shape index (κ1) is 20.8. The molecule has 0 aliphatic heterocycles. The molecule has 29 heavy (non-hydrogen) atoms. The van der Waals surface area contributed by atoms with Crippen molar-refractivity contribution in [3.63, 3.8) is 0 Å². The van der Waals surface area contributed by atoms with Crippen molar-refractivity contribution in [2.75, 3.05) is 16.9 Å². The van der Waals surface area contributed by atoms with E-state index in [9.17, 15) is 17.6 Å². The Balaban J connectivity index is 1.58. The van der Waals surface area contributed by atoms with Crippen molar-refractivity contribution in [1.82, 2.24) is 14.9 Å². The number of amides is 1. The summed E-state index contributed by atoms with van der Waals surface area (Å²) in [4.78, 5) is 12.0. The van der Waals surface area contributed by atoms with Gasteiger partial charge in [-0.1, -0.05) is 30.0 Å². The number of nitrogen functional groups attached to an aromatic ring is 1. The van der Waals surface area contributed by atoms with Crippen LogP contribution in [0.1, 0.15) is 11.4 Å². The van der Waals surface area contributed by atoms with Crippen LogP contribution < -0.4 is 16.3 Å². The zero-order valence-corrected chi connectivity index (χ0v) is 16.6. The van der Waals surface area contributed by atoms with Gasteiger partial charge in [-0.05, 0) is 35.9 Å². The van der Waals surface area contributed by atoms with E-state index in [2.05, 4.69) is 15.5 Å². The maximum Gasteiger partial charge on any atom is 0.238 e. The number of benzene rings is 2. The second-order valence-electron chi connectivity index (χ2n) is 5.94. The van der Waals surface area contributed by atoms with Gasteiger partial charge in [0.1, 0.15) is 5.82 Å². The van der Waals surface area contributed by atoms with Crippen LogP contribution in [0.15, 0.2) is 58.6 Å². The van der Waals surface area contributed by atoms with Crippen LogP contribution >= 0.6 is 11.8 Å². The second-order valence-corrected chi connectivity index (χ2v) is 8.45. The predicted molar refractivity (Wildman–Crippen MR) is 107 cm³/mol. The lowest BCUT2D eigenvalue weighted by Crippen LogP contribution is -2.17. The summed E-state index contributed by atoms with van der Waals surface area (Å²) in [5, 5.41) is 15.8. The van der Waals surface area contributed by atoms with Gasteiger partial charge in [0.05, 0.1) is 10.6 Å². The highest BCUT2D eigenvalue weighted by atomic mass is 32.2. The van der Waals surface area contributed by atoms with E-state index in [-0.39, 0.29) is 28.8 Å². The first-order valence-corrected chi connectivity index (χ1v) is 10.8. The Kier molecular flexibility index (Phi) is 6.15. The van der Waals surface area contributed by atoms with Crippen molar-refractivity contribution in [2.45, 2.75) is 16.5 Å². The molecular weight excluding hydrogens is 419 g/mol. The molecule has 0 saturated heterocycles. The molecule has 0 aliphatic carbocycles. The molecule has 5 N–H and O–H groups in total. The number of sulfonamides is 1. The minimum Gasteiger partial charge on any atom is -0.336 e. The van der Waals surface area contributed by atoms with Crippen molar-refractivity contribution in [1.29, 1.82) is 0 Å². The summed E-state index contributed by atoms with van der Waals surface area (Å²) in [6, 6.07) is 11.7.